The minimum atomic E-state index is -0.272. The van der Waals surface area contributed by atoms with E-state index >= 15 is 0 Å². The monoisotopic (exact) mass is 326 g/mol. The third-order valence-corrected chi connectivity index (χ3v) is 4.36. The molecule has 0 aromatic heterocycles. The molecule has 106 valence electrons. The zero-order chi connectivity index (χ0) is 13.8. The summed E-state index contributed by atoms with van der Waals surface area (Å²) in [4.78, 5) is 2.42. The molecule has 0 saturated carbocycles. The molecule has 1 aromatic rings. The van der Waals surface area contributed by atoms with Gasteiger partial charge in [-0.05, 0) is 51.1 Å². The van der Waals surface area contributed by atoms with Gasteiger partial charge in [0, 0.05) is 23.1 Å². The third kappa shape index (κ3) is 4.28. The van der Waals surface area contributed by atoms with Crippen molar-refractivity contribution in [1.29, 1.82) is 0 Å². The zero-order valence-electron chi connectivity index (χ0n) is 11.6. The summed E-state index contributed by atoms with van der Waals surface area (Å²) in [7, 11) is 2.19. The molecule has 1 saturated heterocycles. The molecule has 0 spiro atoms. The van der Waals surface area contributed by atoms with Gasteiger partial charge in [-0.2, -0.15) is 0 Å². The first-order valence-corrected chi connectivity index (χ1v) is 7.72. The first kappa shape index (κ1) is 15.0. The molecule has 19 heavy (non-hydrogen) atoms. The molecule has 3 nitrogen and oxygen atoms in total. The van der Waals surface area contributed by atoms with E-state index in [9.17, 15) is 5.11 Å². The number of nitrogens with one attached hydrogen (secondary N) is 1. The van der Waals surface area contributed by atoms with E-state index in [1.807, 2.05) is 6.92 Å². The van der Waals surface area contributed by atoms with Gasteiger partial charge in [0.2, 0.25) is 0 Å². The van der Waals surface area contributed by atoms with Crippen molar-refractivity contribution in [2.24, 2.45) is 0 Å². The lowest BCUT2D eigenvalue weighted by molar-refractivity contribution is 0.138. The van der Waals surface area contributed by atoms with Crippen molar-refractivity contribution in [3.8, 4) is 0 Å². The highest BCUT2D eigenvalue weighted by Crippen LogP contribution is 2.30. The highest BCUT2D eigenvalue weighted by molar-refractivity contribution is 9.10. The molecule has 3 unspecified atom stereocenters. The number of aliphatic hydroxyl groups is 1. The molecule has 4 heteroatoms. The minimum absolute atomic E-state index is 0.272. The van der Waals surface area contributed by atoms with E-state index < -0.39 is 0 Å². The Morgan fingerprint density at radius 3 is 2.74 bits per heavy atom. The van der Waals surface area contributed by atoms with Gasteiger partial charge in [-0.3, -0.25) is 4.90 Å². The molecule has 2 N–H and O–H groups in total. The van der Waals surface area contributed by atoms with Crippen molar-refractivity contribution in [1.82, 2.24) is 10.2 Å². The van der Waals surface area contributed by atoms with E-state index in [2.05, 4.69) is 57.5 Å². The number of halogens is 1. The van der Waals surface area contributed by atoms with Gasteiger partial charge in [0.1, 0.15) is 0 Å². The predicted octanol–water partition coefficient (Wildman–Crippen LogP) is 2.55. The topological polar surface area (TPSA) is 35.5 Å². The highest BCUT2D eigenvalue weighted by atomic mass is 79.9. The Morgan fingerprint density at radius 1 is 1.42 bits per heavy atom. The molecule has 0 aliphatic carbocycles. The Kier molecular flexibility index (Phi) is 5.39. The summed E-state index contributed by atoms with van der Waals surface area (Å²) in [6, 6.07) is 9.57. The van der Waals surface area contributed by atoms with Crippen LogP contribution in [0.2, 0.25) is 0 Å². The van der Waals surface area contributed by atoms with Crippen LogP contribution in [-0.4, -0.2) is 42.3 Å². The molecule has 2 rings (SSSR count). The van der Waals surface area contributed by atoms with Gasteiger partial charge in [-0.25, -0.2) is 0 Å². The Labute approximate surface area is 124 Å². The molecule has 1 aliphatic rings. The lowest BCUT2D eigenvalue weighted by Gasteiger charge is -2.38. The molecular weight excluding hydrogens is 304 g/mol. The Hall–Kier alpha value is -0.420. The lowest BCUT2D eigenvalue weighted by atomic mass is 9.92. The van der Waals surface area contributed by atoms with Gasteiger partial charge in [0.25, 0.3) is 0 Å². The molecular formula is C15H23BrN2O. The zero-order valence-corrected chi connectivity index (χ0v) is 13.2. The van der Waals surface area contributed by atoms with Gasteiger partial charge in [0.15, 0.2) is 0 Å². The number of hydrogen-bond acceptors (Lipinski definition) is 3. The fraction of sp³-hybridized carbons (Fsp3) is 0.600. The van der Waals surface area contributed by atoms with Gasteiger partial charge in [-0.15, -0.1) is 0 Å². The molecule has 1 fully saturated rings. The van der Waals surface area contributed by atoms with Crippen LogP contribution in [-0.2, 0) is 0 Å². The van der Waals surface area contributed by atoms with Crippen LogP contribution < -0.4 is 5.32 Å². The standard InChI is InChI=1S/C15H23BrN2O/c1-11(19)10-17-14-7-8-18(2)15(9-14)12-3-5-13(16)6-4-12/h3-6,11,14-15,17,19H,7-10H2,1-2H3. The molecule has 1 aliphatic heterocycles. The average Bonchev–Trinajstić information content (AvgIpc) is 2.39. The summed E-state index contributed by atoms with van der Waals surface area (Å²) in [5, 5.41) is 12.8. The Bertz CT molecular complexity index is 394. The van der Waals surface area contributed by atoms with Gasteiger partial charge < -0.3 is 10.4 Å². The summed E-state index contributed by atoms with van der Waals surface area (Å²) in [5.74, 6) is 0. The van der Waals surface area contributed by atoms with Crippen molar-refractivity contribution < 1.29 is 5.11 Å². The number of aliphatic hydroxyl groups excluding tert-OH is 1. The smallest absolute Gasteiger partial charge is 0.0636 e. The number of piperidine rings is 1. The maximum atomic E-state index is 9.37. The average molecular weight is 327 g/mol. The quantitative estimate of drug-likeness (QED) is 0.892. The van der Waals surface area contributed by atoms with Crippen LogP contribution in [0.3, 0.4) is 0 Å². The van der Waals surface area contributed by atoms with Crippen LogP contribution in [0.1, 0.15) is 31.4 Å². The van der Waals surface area contributed by atoms with Crippen LogP contribution in [0.25, 0.3) is 0 Å². The van der Waals surface area contributed by atoms with Crippen LogP contribution in [0.15, 0.2) is 28.7 Å². The van der Waals surface area contributed by atoms with E-state index in [0.717, 1.165) is 23.9 Å². The molecule has 1 heterocycles. The second-order valence-corrected chi connectivity index (χ2v) is 6.44. The maximum absolute atomic E-state index is 9.37. The summed E-state index contributed by atoms with van der Waals surface area (Å²) >= 11 is 3.48. The molecule has 3 atom stereocenters. The van der Waals surface area contributed by atoms with Crippen molar-refractivity contribution in [2.75, 3.05) is 20.1 Å². The van der Waals surface area contributed by atoms with Crippen LogP contribution in [0.4, 0.5) is 0 Å². The third-order valence-electron chi connectivity index (χ3n) is 3.83. The number of likely N-dealkylation sites (tertiary alicyclic amines) is 1. The molecule has 0 amide bonds. The summed E-state index contributed by atoms with van der Waals surface area (Å²) in [5.41, 5.74) is 1.37. The Balaban J connectivity index is 2.00. The molecule has 0 radical (unpaired) electrons. The molecule has 0 bridgehead atoms. The summed E-state index contributed by atoms with van der Waals surface area (Å²) < 4.78 is 1.12. The van der Waals surface area contributed by atoms with Crippen LogP contribution in [0, 0.1) is 0 Å². The van der Waals surface area contributed by atoms with Crippen LogP contribution in [0.5, 0.6) is 0 Å². The first-order chi connectivity index (χ1) is 9.06. The SMILES string of the molecule is CC(O)CNC1CCN(C)C(c2ccc(Br)cc2)C1. The first-order valence-electron chi connectivity index (χ1n) is 6.93. The predicted molar refractivity (Wildman–Crippen MR) is 82.2 cm³/mol. The van der Waals surface area contributed by atoms with E-state index in [0.29, 0.717) is 18.6 Å². The maximum Gasteiger partial charge on any atom is 0.0636 e. The number of nitrogens with zero attached hydrogens (tertiary/aromatic N) is 1. The van der Waals surface area contributed by atoms with Crippen molar-refractivity contribution >= 4 is 15.9 Å². The fourth-order valence-corrected chi connectivity index (χ4v) is 2.95. The Morgan fingerprint density at radius 2 is 2.11 bits per heavy atom. The van der Waals surface area contributed by atoms with E-state index in [-0.39, 0.29) is 6.10 Å². The van der Waals surface area contributed by atoms with Gasteiger partial charge >= 0.3 is 0 Å². The van der Waals surface area contributed by atoms with Crippen molar-refractivity contribution in [2.45, 2.75) is 38.0 Å². The number of rotatable bonds is 4. The van der Waals surface area contributed by atoms with Crippen molar-refractivity contribution in [3.63, 3.8) is 0 Å². The number of benzene rings is 1. The fourth-order valence-electron chi connectivity index (χ4n) is 2.68. The second-order valence-electron chi connectivity index (χ2n) is 5.53. The van der Waals surface area contributed by atoms with E-state index in [1.165, 1.54) is 5.56 Å². The van der Waals surface area contributed by atoms with E-state index in [4.69, 9.17) is 0 Å². The lowest BCUT2D eigenvalue weighted by Crippen LogP contribution is -2.44. The summed E-state index contributed by atoms with van der Waals surface area (Å²) in [6.07, 6.45) is 1.98. The van der Waals surface area contributed by atoms with Crippen LogP contribution >= 0.6 is 15.9 Å². The molecule has 1 aromatic carbocycles. The van der Waals surface area contributed by atoms with E-state index in [1.54, 1.807) is 0 Å². The largest absolute Gasteiger partial charge is 0.392 e. The normalized spacial score (nSPS) is 26.3. The van der Waals surface area contributed by atoms with Gasteiger partial charge in [-0.1, -0.05) is 28.1 Å². The minimum Gasteiger partial charge on any atom is -0.392 e. The van der Waals surface area contributed by atoms with Crippen molar-refractivity contribution in [3.05, 3.63) is 34.3 Å². The highest BCUT2D eigenvalue weighted by Gasteiger charge is 2.26. The number of hydrogen-bond donors (Lipinski definition) is 2. The van der Waals surface area contributed by atoms with Gasteiger partial charge in [0.05, 0.1) is 6.10 Å². The second kappa shape index (κ2) is 6.84. The summed E-state index contributed by atoms with van der Waals surface area (Å²) in [6.45, 7) is 3.60.